The SMILES string of the molecule is CN(CC(=O)N1N=C(c2ccco2)C[C@@H]1c1ccco1)c1ccccc1. The number of amides is 1. The van der Waals surface area contributed by atoms with Gasteiger partial charge in [0.1, 0.15) is 23.3 Å². The summed E-state index contributed by atoms with van der Waals surface area (Å²) in [6.07, 6.45) is 3.77. The fourth-order valence-electron chi connectivity index (χ4n) is 3.08. The number of nitrogens with zero attached hydrogens (tertiary/aromatic N) is 3. The molecule has 132 valence electrons. The lowest BCUT2D eigenvalue weighted by molar-refractivity contribution is -0.131. The molecular formula is C20H19N3O3. The van der Waals surface area contributed by atoms with Crippen LogP contribution in [0.1, 0.15) is 24.0 Å². The van der Waals surface area contributed by atoms with Crippen LogP contribution in [0.5, 0.6) is 0 Å². The number of carbonyl (C=O) groups excluding carboxylic acids is 1. The van der Waals surface area contributed by atoms with Crippen LogP contribution in [-0.2, 0) is 4.79 Å². The molecule has 0 spiro atoms. The maximum absolute atomic E-state index is 13.0. The molecule has 0 fully saturated rings. The van der Waals surface area contributed by atoms with Crippen LogP contribution in [0, 0.1) is 0 Å². The predicted octanol–water partition coefficient (Wildman–Crippen LogP) is 3.69. The zero-order chi connectivity index (χ0) is 17.9. The molecule has 6 heteroatoms. The van der Waals surface area contributed by atoms with Gasteiger partial charge in [0.25, 0.3) is 5.91 Å². The molecule has 0 aliphatic carbocycles. The van der Waals surface area contributed by atoms with E-state index >= 15 is 0 Å². The monoisotopic (exact) mass is 349 g/mol. The Balaban J connectivity index is 1.57. The molecular weight excluding hydrogens is 330 g/mol. The van der Waals surface area contributed by atoms with Crippen LogP contribution in [0.2, 0.25) is 0 Å². The van der Waals surface area contributed by atoms with Crippen LogP contribution in [0.15, 0.2) is 81.1 Å². The van der Waals surface area contributed by atoms with Gasteiger partial charge in [0.05, 0.1) is 19.1 Å². The van der Waals surface area contributed by atoms with Gasteiger partial charge in [0.2, 0.25) is 0 Å². The summed E-state index contributed by atoms with van der Waals surface area (Å²) in [5, 5.41) is 6.04. The summed E-state index contributed by atoms with van der Waals surface area (Å²) in [5.41, 5.74) is 1.72. The minimum Gasteiger partial charge on any atom is -0.467 e. The van der Waals surface area contributed by atoms with E-state index in [2.05, 4.69) is 5.10 Å². The molecule has 6 nitrogen and oxygen atoms in total. The summed E-state index contributed by atoms with van der Waals surface area (Å²) in [7, 11) is 1.89. The number of anilines is 1. The lowest BCUT2D eigenvalue weighted by atomic mass is 10.1. The Kier molecular flexibility index (Phi) is 4.31. The average Bonchev–Trinajstić information content (AvgIpc) is 3.42. The van der Waals surface area contributed by atoms with E-state index < -0.39 is 0 Å². The Morgan fingerprint density at radius 1 is 1.12 bits per heavy atom. The van der Waals surface area contributed by atoms with Crippen molar-refractivity contribution in [3.05, 3.63) is 78.6 Å². The van der Waals surface area contributed by atoms with Crippen LogP contribution < -0.4 is 4.90 Å². The minimum atomic E-state index is -0.262. The second-order valence-corrected chi connectivity index (χ2v) is 6.19. The van der Waals surface area contributed by atoms with Crippen LogP contribution in [-0.4, -0.2) is 30.2 Å². The van der Waals surface area contributed by atoms with Gasteiger partial charge in [-0.2, -0.15) is 5.10 Å². The van der Waals surface area contributed by atoms with Crippen LogP contribution in [0.3, 0.4) is 0 Å². The third-order valence-corrected chi connectivity index (χ3v) is 4.41. The molecule has 0 radical (unpaired) electrons. The van der Waals surface area contributed by atoms with Gasteiger partial charge >= 0.3 is 0 Å². The maximum atomic E-state index is 13.0. The van der Waals surface area contributed by atoms with Gasteiger partial charge in [-0.3, -0.25) is 4.79 Å². The van der Waals surface area contributed by atoms with Crippen molar-refractivity contribution in [1.29, 1.82) is 0 Å². The van der Waals surface area contributed by atoms with Crippen molar-refractivity contribution in [1.82, 2.24) is 5.01 Å². The quantitative estimate of drug-likeness (QED) is 0.705. The molecule has 1 amide bonds. The first-order valence-corrected chi connectivity index (χ1v) is 8.45. The number of hydrogen-bond acceptors (Lipinski definition) is 5. The van der Waals surface area contributed by atoms with Gasteiger partial charge in [0, 0.05) is 19.2 Å². The number of likely N-dealkylation sites (N-methyl/N-ethyl adjacent to an activating group) is 1. The standard InChI is InChI=1S/C20H19N3O3/c1-22(15-7-3-2-4-8-15)14-20(24)23-17(19-10-6-12-26-19)13-16(21-23)18-9-5-11-25-18/h2-12,17H,13-14H2,1H3/t17-/m1/s1. The van der Waals surface area contributed by atoms with Gasteiger partial charge in [-0.25, -0.2) is 5.01 Å². The molecule has 0 unspecified atom stereocenters. The van der Waals surface area contributed by atoms with E-state index in [0.29, 0.717) is 17.9 Å². The molecule has 4 rings (SSSR count). The van der Waals surface area contributed by atoms with Crippen molar-refractivity contribution in [3.8, 4) is 0 Å². The zero-order valence-corrected chi connectivity index (χ0v) is 14.4. The van der Waals surface area contributed by atoms with Crippen molar-refractivity contribution < 1.29 is 13.6 Å². The maximum Gasteiger partial charge on any atom is 0.262 e. The van der Waals surface area contributed by atoms with Crippen molar-refractivity contribution in [3.63, 3.8) is 0 Å². The van der Waals surface area contributed by atoms with Gasteiger partial charge in [-0.1, -0.05) is 18.2 Å². The third kappa shape index (κ3) is 3.13. The van der Waals surface area contributed by atoms with Gasteiger partial charge < -0.3 is 13.7 Å². The van der Waals surface area contributed by atoms with E-state index in [-0.39, 0.29) is 18.5 Å². The first-order chi connectivity index (χ1) is 12.7. The molecule has 1 aliphatic heterocycles. The molecule has 1 aromatic carbocycles. The highest BCUT2D eigenvalue weighted by molar-refractivity contribution is 6.01. The summed E-state index contributed by atoms with van der Waals surface area (Å²) < 4.78 is 11.0. The number of rotatable bonds is 5. The van der Waals surface area contributed by atoms with Gasteiger partial charge in [-0.05, 0) is 36.4 Å². The van der Waals surface area contributed by atoms with E-state index in [1.165, 1.54) is 5.01 Å². The first kappa shape index (κ1) is 16.2. The molecule has 3 heterocycles. The highest BCUT2D eigenvalue weighted by Gasteiger charge is 2.35. The van der Waals surface area contributed by atoms with Crippen LogP contribution in [0.25, 0.3) is 0 Å². The molecule has 1 atom stereocenters. The highest BCUT2D eigenvalue weighted by Crippen LogP contribution is 2.33. The average molecular weight is 349 g/mol. The van der Waals surface area contributed by atoms with Gasteiger partial charge in [0.15, 0.2) is 0 Å². The summed E-state index contributed by atoms with van der Waals surface area (Å²) in [5.74, 6) is 1.29. The molecule has 0 saturated carbocycles. The normalized spacial score (nSPS) is 16.6. The van der Waals surface area contributed by atoms with Crippen molar-refractivity contribution in [2.24, 2.45) is 5.10 Å². The number of hydrogen-bond donors (Lipinski definition) is 0. The molecule has 0 bridgehead atoms. The van der Waals surface area contributed by atoms with E-state index in [1.54, 1.807) is 12.5 Å². The number of hydrazone groups is 1. The minimum absolute atomic E-state index is 0.0979. The van der Waals surface area contributed by atoms with E-state index in [9.17, 15) is 4.79 Å². The van der Waals surface area contributed by atoms with Crippen molar-refractivity contribution >= 4 is 17.3 Å². The Morgan fingerprint density at radius 3 is 2.58 bits per heavy atom. The van der Waals surface area contributed by atoms with E-state index in [4.69, 9.17) is 8.83 Å². The Hall–Kier alpha value is -3.28. The molecule has 26 heavy (non-hydrogen) atoms. The fourth-order valence-corrected chi connectivity index (χ4v) is 3.08. The second kappa shape index (κ2) is 6.92. The predicted molar refractivity (Wildman–Crippen MR) is 97.9 cm³/mol. The van der Waals surface area contributed by atoms with E-state index in [1.807, 2.05) is 66.5 Å². The molecule has 1 aliphatic rings. The number of furan rings is 2. The number of benzene rings is 1. The second-order valence-electron chi connectivity index (χ2n) is 6.19. The Labute approximate surface area is 151 Å². The van der Waals surface area contributed by atoms with E-state index in [0.717, 1.165) is 11.4 Å². The highest BCUT2D eigenvalue weighted by atomic mass is 16.3. The van der Waals surface area contributed by atoms with Crippen molar-refractivity contribution in [2.75, 3.05) is 18.5 Å². The van der Waals surface area contributed by atoms with Gasteiger partial charge in [-0.15, -0.1) is 0 Å². The number of carbonyl (C=O) groups is 1. The molecule has 0 N–H and O–H groups in total. The zero-order valence-electron chi connectivity index (χ0n) is 14.4. The Bertz CT molecular complexity index is 886. The third-order valence-electron chi connectivity index (χ3n) is 4.41. The first-order valence-electron chi connectivity index (χ1n) is 8.45. The van der Waals surface area contributed by atoms with Crippen LogP contribution in [0.4, 0.5) is 5.69 Å². The van der Waals surface area contributed by atoms with Crippen molar-refractivity contribution in [2.45, 2.75) is 12.5 Å². The lowest BCUT2D eigenvalue weighted by Crippen LogP contribution is -2.36. The largest absolute Gasteiger partial charge is 0.467 e. The number of para-hydroxylation sites is 1. The Morgan fingerprint density at radius 2 is 1.88 bits per heavy atom. The molecule has 2 aromatic heterocycles. The smallest absolute Gasteiger partial charge is 0.262 e. The topological polar surface area (TPSA) is 62.2 Å². The summed E-state index contributed by atoms with van der Waals surface area (Å²) in [6.45, 7) is 0.218. The fraction of sp³-hybridized carbons (Fsp3) is 0.200. The summed E-state index contributed by atoms with van der Waals surface area (Å²) in [4.78, 5) is 14.9. The van der Waals surface area contributed by atoms with Crippen LogP contribution >= 0.6 is 0 Å². The summed E-state index contributed by atoms with van der Waals surface area (Å²) >= 11 is 0. The summed E-state index contributed by atoms with van der Waals surface area (Å²) in [6, 6.07) is 16.9. The molecule has 3 aromatic rings. The molecule has 0 saturated heterocycles. The lowest BCUT2D eigenvalue weighted by Gasteiger charge is -2.24.